The van der Waals surface area contributed by atoms with Crippen LogP contribution in [-0.4, -0.2) is 30.6 Å². The van der Waals surface area contributed by atoms with Gasteiger partial charge in [0.2, 0.25) is 0 Å². The van der Waals surface area contributed by atoms with E-state index >= 15 is 0 Å². The number of para-hydroxylation sites is 2. The van der Waals surface area contributed by atoms with Gasteiger partial charge >= 0.3 is 0 Å². The van der Waals surface area contributed by atoms with Crippen LogP contribution in [0, 0.1) is 0 Å². The standard InChI is InChI=1S/C21H26N2O4/c1-14(27-18-12-7-6-11-17(18)26-5)19(24)22-16-10-8-9-15(13-16)20(25)23-21(2,3)4/h6-14H,1-5H3,(H,22,24)(H,23,25). The smallest absolute Gasteiger partial charge is 0.265 e. The Labute approximate surface area is 159 Å². The van der Waals surface area contributed by atoms with Gasteiger partial charge in [-0.3, -0.25) is 9.59 Å². The molecule has 2 aromatic carbocycles. The lowest BCUT2D eigenvalue weighted by Crippen LogP contribution is -2.40. The second-order valence-electron chi connectivity index (χ2n) is 7.19. The van der Waals surface area contributed by atoms with Gasteiger partial charge in [0.25, 0.3) is 11.8 Å². The van der Waals surface area contributed by atoms with Crippen molar-refractivity contribution < 1.29 is 19.1 Å². The molecule has 1 unspecified atom stereocenters. The molecule has 2 N–H and O–H groups in total. The first kappa shape index (κ1) is 20.3. The van der Waals surface area contributed by atoms with Crippen molar-refractivity contribution in [3.8, 4) is 11.5 Å². The Kier molecular flexibility index (Phi) is 6.45. The molecule has 0 spiro atoms. The fourth-order valence-electron chi connectivity index (χ4n) is 2.35. The molecule has 1 atom stereocenters. The molecule has 0 aliphatic heterocycles. The summed E-state index contributed by atoms with van der Waals surface area (Å²) in [7, 11) is 1.54. The third-order valence-corrected chi connectivity index (χ3v) is 3.62. The molecule has 0 aliphatic carbocycles. The SMILES string of the molecule is COc1ccccc1OC(C)C(=O)Nc1cccc(C(=O)NC(C)(C)C)c1. The summed E-state index contributed by atoms with van der Waals surface area (Å²) in [5.74, 6) is 0.519. The zero-order valence-corrected chi connectivity index (χ0v) is 16.3. The maximum absolute atomic E-state index is 12.4. The van der Waals surface area contributed by atoms with Gasteiger partial charge < -0.3 is 20.1 Å². The van der Waals surface area contributed by atoms with Crippen LogP contribution >= 0.6 is 0 Å². The van der Waals surface area contributed by atoms with Crippen molar-refractivity contribution in [2.45, 2.75) is 39.3 Å². The molecule has 0 aliphatic rings. The number of hydrogen-bond donors (Lipinski definition) is 2. The number of anilines is 1. The van der Waals surface area contributed by atoms with Crippen molar-refractivity contribution in [2.24, 2.45) is 0 Å². The Morgan fingerprint density at radius 2 is 1.67 bits per heavy atom. The Balaban J connectivity index is 2.05. The molecule has 6 nitrogen and oxygen atoms in total. The van der Waals surface area contributed by atoms with Crippen molar-refractivity contribution in [3.05, 3.63) is 54.1 Å². The molecular weight excluding hydrogens is 344 g/mol. The second-order valence-corrected chi connectivity index (χ2v) is 7.19. The first-order valence-corrected chi connectivity index (χ1v) is 8.73. The van der Waals surface area contributed by atoms with E-state index in [1.54, 1.807) is 56.5 Å². The lowest BCUT2D eigenvalue weighted by Gasteiger charge is -2.21. The minimum atomic E-state index is -0.742. The van der Waals surface area contributed by atoms with E-state index in [1.807, 2.05) is 26.8 Å². The van der Waals surface area contributed by atoms with E-state index in [-0.39, 0.29) is 17.4 Å². The van der Waals surface area contributed by atoms with Crippen LogP contribution in [0.1, 0.15) is 38.1 Å². The molecule has 144 valence electrons. The fourth-order valence-corrected chi connectivity index (χ4v) is 2.35. The van der Waals surface area contributed by atoms with Gasteiger partial charge in [-0.15, -0.1) is 0 Å². The van der Waals surface area contributed by atoms with Crippen LogP contribution in [0.5, 0.6) is 11.5 Å². The molecule has 6 heteroatoms. The zero-order valence-electron chi connectivity index (χ0n) is 16.3. The fraction of sp³-hybridized carbons (Fsp3) is 0.333. The van der Waals surface area contributed by atoms with E-state index in [4.69, 9.17) is 9.47 Å². The van der Waals surface area contributed by atoms with Crippen molar-refractivity contribution in [3.63, 3.8) is 0 Å². The summed E-state index contributed by atoms with van der Waals surface area (Å²) in [6.45, 7) is 7.38. The lowest BCUT2D eigenvalue weighted by atomic mass is 10.1. The van der Waals surface area contributed by atoms with E-state index in [1.165, 1.54) is 0 Å². The molecule has 2 amide bonds. The largest absolute Gasteiger partial charge is 0.493 e. The molecule has 0 saturated carbocycles. The summed E-state index contributed by atoms with van der Waals surface area (Å²) < 4.78 is 10.9. The number of nitrogens with one attached hydrogen (secondary N) is 2. The normalized spacial score (nSPS) is 12.0. The molecule has 27 heavy (non-hydrogen) atoms. The van der Waals surface area contributed by atoms with E-state index < -0.39 is 6.10 Å². The summed E-state index contributed by atoms with van der Waals surface area (Å²) in [4.78, 5) is 24.7. The van der Waals surface area contributed by atoms with E-state index in [0.29, 0.717) is 22.7 Å². The highest BCUT2D eigenvalue weighted by molar-refractivity contribution is 5.98. The Morgan fingerprint density at radius 1 is 1.00 bits per heavy atom. The quantitative estimate of drug-likeness (QED) is 0.814. The number of carbonyl (C=O) groups excluding carboxylic acids is 2. The third-order valence-electron chi connectivity index (χ3n) is 3.62. The zero-order chi connectivity index (χ0) is 20.0. The van der Waals surface area contributed by atoms with Crippen molar-refractivity contribution in [2.75, 3.05) is 12.4 Å². The van der Waals surface area contributed by atoms with Crippen LogP contribution in [-0.2, 0) is 4.79 Å². The van der Waals surface area contributed by atoms with Gasteiger partial charge in [0.15, 0.2) is 17.6 Å². The van der Waals surface area contributed by atoms with Gasteiger partial charge in [-0.25, -0.2) is 0 Å². The van der Waals surface area contributed by atoms with E-state index in [2.05, 4.69) is 10.6 Å². The van der Waals surface area contributed by atoms with Crippen LogP contribution in [0.25, 0.3) is 0 Å². The Morgan fingerprint density at radius 3 is 2.30 bits per heavy atom. The summed E-state index contributed by atoms with van der Waals surface area (Å²) >= 11 is 0. The van der Waals surface area contributed by atoms with Gasteiger partial charge in [0.05, 0.1) is 7.11 Å². The first-order valence-electron chi connectivity index (χ1n) is 8.73. The molecule has 0 aromatic heterocycles. The lowest BCUT2D eigenvalue weighted by molar-refractivity contribution is -0.122. The molecular formula is C21H26N2O4. The van der Waals surface area contributed by atoms with Crippen LogP contribution in [0.4, 0.5) is 5.69 Å². The summed E-state index contributed by atoms with van der Waals surface area (Å²) in [6, 6.07) is 13.9. The molecule has 0 bridgehead atoms. The highest BCUT2D eigenvalue weighted by atomic mass is 16.5. The number of carbonyl (C=O) groups is 2. The number of rotatable bonds is 6. The number of ether oxygens (including phenoxy) is 2. The molecule has 2 rings (SSSR count). The van der Waals surface area contributed by atoms with Gasteiger partial charge in [0.1, 0.15) is 0 Å². The van der Waals surface area contributed by atoms with Crippen LogP contribution in [0.2, 0.25) is 0 Å². The first-order chi connectivity index (χ1) is 12.7. The molecule has 0 heterocycles. The minimum Gasteiger partial charge on any atom is -0.493 e. The number of amides is 2. The predicted octanol–water partition coefficient (Wildman–Crippen LogP) is 3.63. The van der Waals surface area contributed by atoms with E-state index in [0.717, 1.165) is 0 Å². The summed E-state index contributed by atoms with van der Waals surface area (Å²) in [6.07, 6.45) is -0.742. The monoisotopic (exact) mass is 370 g/mol. The van der Waals surface area contributed by atoms with Gasteiger partial charge in [-0.1, -0.05) is 18.2 Å². The molecule has 0 saturated heterocycles. The molecule has 0 radical (unpaired) electrons. The predicted molar refractivity (Wildman–Crippen MR) is 105 cm³/mol. The summed E-state index contributed by atoms with van der Waals surface area (Å²) in [5, 5.41) is 5.67. The number of methoxy groups -OCH3 is 1. The number of hydrogen-bond acceptors (Lipinski definition) is 4. The highest BCUT2D eigenvalue weighted by Crippen LogP contribution is 2.27. The molecule has 0 fully saturated rings. The topological polar surface area (TPSA) is 76.7 Å². The number of benzene rings is 2. The van der Waals surface area contributed by atoms with Crippen molar-refractivity contribution in [1.82, 2.24) is 5.32 Å². The average Bonchev–Trinajstić information content (AvgIpc) is 2.61. The summed E-state index contributed by atoms with van der Waals surface area (Å²) in [5.41, 5.74) is 0.658. The van der Waals surface area contributed by atoms with Gasteiger partial charge in [-0.05, 0) is 58.0 Å². The Hall–Kier alpha value is -3.02. The van der Waals surface area contributed by atoms with E-state index in [9.17, 15) is 9.59 Å². The van der Waals surface area contributed by atoms with Gasteiger partial charge in [-0.2, -0.15) is 0 Å². The van der Waals surface area contributed by atoms with Crippen LogP contribution < -0.4 is 20.1 Å². The van der Waals surface area contributed by atoms with Crippen molar-refractivity contribution >= 4 is 17.5 Å². The average molecular weight is 370 g/mol. The third kappa shape index (κ3) is 6.02. The van der Waals surface area contributed by atoms with Crippen molar-refractivity contribution in [1.29, 1.82) is 0 Å². The minimum absolute atomic E-state index is 0.197. The maximum atomic E-state index is 12.4. The maximum Gasteiger partial charge on any atom is 0.265 e. The Bertz CT molecular complexity index is 812. The second kappa shape index (κ2) is 8.58. The van der Waals surface area contributed by atoms with Crippen LogP contribution in [0.3, 0.4) is 0 Å². The molecule has 2 aromatic rings. The van der Waals surface area contributed by atoms with Gasteiger partial charge in [0, 0.05) is 16.8 Å². The highest BCUT2D eigenvalue weighted by Gasteiger charge is 2.18. The van der Waals surface area contributed by atoms with Crippen LogP contribution in [0.15, 0.2) is 48.5 Å².